The second kappa shape index (κ2) is 7.73. The van der Waals surface area contributed by atoms with E-state index < -0.39 is 0 Å². The summed E-state index contributed by atoms with van der Waals surface area (Å²) in [5, 5.41) is 4.21. The van der Waals surface area contributed by atoms with Crippen LogP contribution in [0.3, 0.4) is 0 Å². The first-order valence-corrected chi connectivity index (χ1v) is 9.58. The Bertz CT molecular complexity index is 1130. The highest BCUT2D eigenvalue weighted by Crippen LogP contribution is 2.24. The third-order valence-corrected chi connectivity index (χ3v) is 5.09. The predicted octanol–water partition coefficient (Wildman–Crippen LogP) is 5.49. The molecule has 28 heavy (non-hydrogen) atoms. The summed E-state index contributed by atoms with van der Waals surface area (Å²) in [6, 6.07) is 24.8. The van der Waals surface area contributed by atoms with Gasteiger partial charge in [-0.2, -0.15) is 0 Å². The summed E-state index contributed by atoms with van der Waals surface area (Å²) in [6.07, 6.45) is 2.47. The van der Waals surface area contributed by atoms with Gasteiger partial charge in [0.15, 0.2) is 0 Å². The van der Waals surface area contributed by atoms with Crippen LogP contribution in [0.5, 0.6) is 0 Å². The molecule has 0 radical (unpaired) electrons. The minimum Gasteiger partial charge on any atom is -0.343 e. The van der Waals surface area contributed by atoms with Crippen molar-refractivity contribution in [3.8, 4) is 0 Å². The summed E-state index contributed by atoms with van der Waals surface area (Å²) in [7, 11) is 0. The molecule has 0 aliphatic carbocycles. The van der Waals surface area contributed by atoms with Crippen molar-refractivity contribution in [3.05, 3.63) is 101 Å². The molecule has 0 bridgehead atoms. The molecule has 0 atom stereocenters. The fourth-order valence-corrected chi connectivity index (χ4v) is 3.61. The Balaban J connectivity index is 1.60. The molecule has 0 aliphatic rings. The largest absolute Gasteiger partial charge is 0.343 e. The Morgan fingerprint density at radius 3 is 2.50 bits per heavy atom. The molecule has 4 rings (SSSR count). The maximum atomic E-state index is 12.7. The zero-order valence-corrected chi connectivity index (χ0v) is 16.3. The molecule has 1 aromatic heterocycles. The monoisotopic (exact) mass is 368 g/mol. The molecule has 0 spiro atoms. The van der Waals surface area contributed by atoms with Crippen LogP contribution in [0.2, 0.25) is 0 Å². The van der Waals surface area contributed by atoms with E-state index in [0.717, 1.165) is 39.8 Å². The molecule has 1 amide bonds. The van der Waals surface area contributed by atoms with Crippen molar-refractivity contribution in [2.24, 2.45) is 0 Å². The van der Waals surface area contributed by atoms with Gasteiger partial charge in [0.05, 0.1) is 6.42 Å². The van der Waals surface area contributed by atoms with Gasteiger partial charge in [-0.1, -0.05) is 60.7 Å². The van der Waals surface area contributed by atoms with Crippen LogP contribution in [0.4, 0.5) is 5.69 Å². The van der Waals surface area contributed by atoms with E-state index in [0.29, 0.717) is 6.42 Å². The lowest BCUT2D eigenvalue weighted by atomic mass is 10.1. The minimum atomic E-state index is 0.0105. The Kier molecular flexibility index (Phi) is 4.98. The van der Waals surface area contributed by atoms with Crippen molar-refractivity contribution in [1.29, 1.82) is 0 Å². The van der Waals surface area contributed by atoms with Crippen molar-refractivity contribution in [3.63, 3.8) is 0 Å². The molecule has 4 aromatic rings. The molecular weight excluding hydrogens is 344 g/mol. The highest BCUT2D eigenvalue weighted by Gasteiger charge is 2.13. The second-order valence-electron chi connectivity index (χ2n) is 7.33. The van der Waals surface area contributed by atoms with Crippen LogP contribution in [0.1, 0.15) is 22.3 Å². The van der Waals surface area contributed by atoms with E-state index in [4.69, 9.17) is 0 Å². The molecule has 1 heterocycles. The molecule has 140 valence electrons. The summed E-state index contributed by atoms with van der Waals surface area (Å²) in [4.78, 5) is 12.7. The standard InChI is InChI=1S/C25H24N2O/c1-18-12-13-19(2)23(14-18)26-25(28)15-21-17-27(16-20-8-4-3-5-9-20)24-11-7-6-10-22(21)24/h3-14,17H,15-16H2,1-2H3,(H,26,28). The quantitative estimate of drug-likeness (QED) is 0.497. The van der Waals surface area contributed by atoms with Crippen molar-refractivity contribution in [2.75, 3.05) is 5.32 Å². The number of aryl methyl sites for hydroxylation is 2. The minimum absolute atomic E-state index is 0.0105. The zero-order chi connectivity index (χ0) is 19.5. The fourth-order valence-electron chi connectivity index (χ4n) is 3.61. The number of fused-ring (bicyclic) bond motifs is 1. The molecule has 0 unspecified atom stereocenters. The van der Waals surface area contributed by atoms with Crippen molar-refractivity contribution < 1.29 is 4.79 Å². The molecule has 0 saturated heterocycles. The van der Waals surface area contributed by atoms with E-state index in [9.17, 15) is 4.79 Å². The van der Waals surface area contributed by atoms with Gasteiger partial charge in [-0.3, -0.25) is 4.79 Å². The molecule has 3 aromatic carbocycles. The SMILES string of the molecule is Cc1ccc(C)c(NC(=O)Cc2cn(Cc3ccccc3)c3ccccc23)c1. The number of benzene rings is 3. The van der Waals surface area contributed by atoms with Crippen LogP contribution in [0.15, 0.2) is 79.0 Å². The Labute approximate surface area is 165 Å². The molecule has 0 fully saturated rings. The average molecular weight is 368 g/mol. The number of aromatic nitrogens is 1. The average Bonchev–Trinajstić information content (AvgIpc) is 3.03. The first kappa shape index (κ1) is 18.1. The van der Waals surface area contributed by atoms with Gasteiger partial charge in [-0.25, -0.2) is 0 Å². The number of hydrogen-bond acceptors (Lipinski definition) is 1. The number of carbonyl (C=O) groups is 1. The van der Waals surface area contributed by atoms with Crippen LogP contribution < -0.4 is 5.32 Å². The topological polar surface area (TPSA) is 34.0 Å². The normalized spacial score (nSPS) is 10.9. The molecule has 0 aliphatic heterocycles. The van der Waals surface area contributed by atoms with E-state index in [1.807, 2.05) is 44.2 Å². The Morgan fingerprint density at radius 1 is 0.929 bits per heavy atom. The maximum Gasteiger partial charge on any atom is 0.228 e. The van der Waals surface area contributed by atoms with Crippen LogP contribution in [0.25, 0.3) is 10.9 Å². The van der Waals surface area contributed by atoms with E-state index >= 15 is 0 Å². The summed E-state index contributed by atoms with van der Waals surface area (Å²) < 4.78 is 2.23. The number of anilines is 1. The molecule has 3 nitrogen and oxygen atoms in total. The van der Waals surface area contributed by atoms with Gasteiger partial charge < -0.3 is 9.88 Å². The van der Waals surface area contributed by atoms with Crippen LogP contribution in [-0.4, -0.2) is 10.5 Å². The second-order valence-corrected chi connectivity index (χ2v) is 7.33. The van der Waals surface area contributed by atoms with Gasteiger partial charge in [-0.15, -0.1) is 0 Å². The van der Waals surface area contributed by atoms with Crippen molar-refractivity contribution >= 4 is 22.5 Å². The fraction of sp³-hybridized carbons (Fsp3) is 0.160. The van der Waals surface area contributed by atoms with Gasteiger partial charge >= 0.3 is 0 Å². The van der Waals surface area contributed by atoms with Crippen molar-refractivity contribution in [2.45, 2.75) is 26.8 Å². The molecule has 3 heteroatoms. The van der Waals surface area contributed by atoms with Gasteiger partial charge in [0.2, 0.25) is 5.91 Å². The third-order valence-electron chi connectivity index (χ3n) is 5.09. The van der Waals surface area contributed by atoms with Crippen molar-refractivity contribution in [1.82, 2.24) is 4.57 Å². The van der Waals surface area contributed by atoms with E-state index in [2.05, 4.69) is 58.5 Å². The highest BCUT2D eigenvalue weighted by atomic mass is 16.1. The number of nitrogens with zero attached hydrogens (tertiary/aromatic N) is 1. The molecular formula is C25H24N2O. The van der Waals surface area contributed by atoms with Crippen LogP contribution in [-0.2, 0) is 17.8 Å². The van der Waals surface area contributed by atoms with Gasteiger partial charge in [0, 0.05) is 29.3 Å². The first-order valence-electron chi connectivity index (χ1n) is 9.58. The lowest BCUT2D eigenvalue weighted by Gasteiger charge is -2.09. The summed E-state index contributed by atoms with van der Waals surface area (Å²) >= 11 is 0. The number of para-hydroxylation sites is 1. The number of nitrogens with one attached hydrogen (secondary N) is 1. The number of hydrogen-bond donors (Lipinski definition) is 1. The van der Waals surface area contributed by atoms with E-state index in [1.54, 1.807) is 0 Å². The van der Waals surface area contributed by atoms with Gasteiger partial charge in [0.1, 0.15) is 0 Å². The number of carbonyl (C=O) groups excluding carboxylic acids is 1. The summed E-state index contributed by atoms with van der Waals surface area (Å²) in [5.41, 5.74) is 6.55. The lowest BCUT2D eigenvalue weighted by molar-refractivity contribution is -0.115. The van der Waals surface area contributed by atoms with E-state index in [-0.39, 0.29) is 5.91 Å². The van der Waals surface area contributed by atoms with Crippen LogP contribution in [0, 0.1) is 13.8 Å². The summed E-state index contributed by atoms with van der Waals surface area (Å²) in [5.74, 6) is 0.0105. The predicted molar refractivity (Wildman–Crippen MR) is 116 cm³/mol. The third kappa shape index (κ3) is 3.84. The number of rotatable bonds is 5. The maximum absolute atomic E-state index is 12.7. The Hall–Kier alpha value is -3.33. The highest BCUT2D eigenvalue weighted by molar-refractivity contribution is 5.96. The van der Waals surface area contributed by atoms with Gasteiger partial charge in [0.25, 0.3) is 0 Å². The molecule has 1 N–H and O–H groups in total. The zero-order valence-electron chi connectivity index (χ0n) is 16.3. The van der Waals surface area contributed by atoms with Gasteiger partial charge in [-0.05, 0) is 48.2 Å². The lowest BCUT2D eigenvalue weighted by Crippen LogP contribution is -2.15. The van der Waals surface area contributed by atoms with Crippen LogP contribution >= 0.6 is 0 Å². The van der Waals surface area contributed by atoms with E-state index in [1.165, 1.54) is 5.56 Å². The smallest absolute Gasteiger partial charge is 0.228 e. The first-order chi connectivity index (χ1) is 13.6. The number of amides is 1. The molecule has 0 saturated carbocycles. The summed E-state index contributed by atoms with van der Waals surface area (Å²) in [6.45, 7) is 4.84. The Morgan fingerprint density at radius 2 is 1.68 bits per heavy atom.